The second-order valence-electron chi connectivity index (χ2n) is 5.87. The molecule has 1 N–H and O–H groups in total. The van der Waals surface area contributed by atoms with Crippen LogP contribution in [-0.4, -0.2) is 29.4 Å². The van der Waals surface area contributed by atoms with Crippen molar-refractivity contribution in [2.24, 2.45) is 5.92 Å². The second-order valence-corrected chi connectivity index (χ2v) is 6.28. The number of nitrogens with one attached hydrogen (secondary N) is 1. The molecule has 0 radical (unpaired) electrons. The topological polar surface area (TPSA) is 36.1 Å². The minimum atomic E-state index is 0.167. The Balaban J connectivity index is 2.40. The summed E-state index contributed by atoms with van der Waals surface area (Å²) in [4.78, 5) is 17.3. The Kier molecular flexibility index (Phi) is 4.94. The van der Waals surface area contributed by atoms with Crippen molar-refractivity contribution in [1.82, 2.24) is 9.88 Å². The number of aromatic amines is 1. The largest absolute Gasteiger partial charge is 0.361 e. The van der Waals surface area contributed by atoms with Gasteiger partial charge in [0.05, 0.1) is 5.02 Å². The van der Waals surface area contributed by atoms with Gasteiger partial charge in [0.1, 0.15) is 0 Å². The van der Waals surface area contributed by atoms with Crippen LogP contribution in [0, 0.1) is 5.92 Å². The summed E-state index contributed by atoms with van der Waals surface area (Å²) in [5, 5.41) is 1.79. The smallest absolute Gasteiger partial charge is 0.222 e. The van der Waals surface area contributed by atoms with Crippen molar-refractivity contribution in [2.45, 2.75) is 33.1 Å². The van der Waals surface area contributed by atoms with Crippen LogP contribution < -0.4 is 0 Å². The number of halogens is 1. The molecule has 0 aliphatic carbocycles. The molecule has 1 atom stereocenters. The summed E-state index contributed by atoms with van der Waals surface area (Å²) < 4.78 is 0. The summed E-state index contributed by atoms with van der Waals surface area (Å²) in [6.45, 7) is 7.03. The van der Waals surface area contributed by atoms with E-state index in [1.807, 2.05) is 38.4 Å². The Morgan fingerprint density at radius 3 is 2.71 bits per heavy atom. The van der Waals surface area contributed by atoms with E-state index in [4.69, 9.17) is 11.6 Å². The molecule has 1 aromatic heterocycles. The molecule has 4 heteroatoms. The molecule has 1 heterocycles. The average molecular weight is 307 g/mol. The van der Waals surface area contributed by atoms with Gasteiger partial charge in [-0.3, -0.25) is 4.79 Å². The number of hydrogen-bond donors (Lipinski definition) is 1. The van der Waals surface area contributed by atoms with Crippen LogP contribution in [0.15, 0.2) is 24.4 Å². The van der Waals surface area contributed by atoms with Gasteiger partial charge in [-0.15, -0.1) is 0 Å². The maximum Gasteiger partial charge on any atom is 0.222 e. The Hall–Kier alpha value is -1.48. The average Bonchev–Trinajstić information content (AvgIpc) is 2.88. The fourth-order valence-electron chi connectivity index (χ4n) is 2.68. The van der Waals surface area contributed by atoms with E-state index >= 15 is 0 Å². The molecule has 1 amide bonds. The molecule has 114 valence electrons. The highest BCUT2D eigenvalue weighted by Crippen LogP contribution is 2.36. The van der Waals surface area contributed by atoms with Crippen molar-refractivity contribution in [3.8, 4) is 0 Å². The molecule has 0 aliphatic heterocycles. The Bertz CT molecular complexity index is 633. The lowest BCUT2D eigenvalue weighted by atomic mass is 9.85. The summed E-state index contributed by atoms with van der Waals surface area (Å²) in [7, 11) is 1.85. The number of hydrogen-bond acceptors (Lipinski definition) is 1. The number of fused-ring (bicyclic) bond motifs is 1. The Labute approximate surface area is 131 Å². The zero-order chi connectivity index (χ0) is 15.6. The lowest BCUT2D eigenvalue weighted by Crippen LogP contribution is -2.28. The first kappa shape index (κ1) is 15.9. The van der Waals surface area contributed by atoms with Crippen LogP contribution in [0.5, 0.6) is 0 Å². The molecule has 2 rings (SSSR count). The van der Waals surface area contributed by atoms with Gasteiger partial charge < -0.3 is 9.88 Å². The minimum absolute atomic E-state index is 0.167. The fourth-order valence-corrected chi connectivity index (χ4v) is 2.97. The molecule has 0 aliphatic rings. The molecule has 2 aromatic rings. The van der Waals surface area contributed by atoms with E-state index in [9.17, 15) is 4.79 Å². The maximum atomic E-state index is 12.3. The zero-order valence-corrected chi connectivity index (χ0v) is 13.9. The predicted octanol–water partition coefficient (Wildman–Crippen LogP) is 4.43. The zero-order valence-electron chi connectivity index (χ0n) is 13.1. The predicted molar refractivity (Wildman–Crippen MR) is 88.8 cm³/mol. The molecule has 1 aromatic carbocycles. The van der Waals surface area contributed by atoms with E-state index in [0.717, 1.165) is 28.0 Å². The van der Waals surface area contributed by atoms with E-state index in [1.54, 1.807) is 4.90 Å². The van der Waals surface area contributed by atoms with Crippen molar-refractivity contribution in [2.75, 3.05) is 13.6 Å². The fraction of sp³-hybridized carbons (Fsp3) is 0.471. The number of amides is 1. The third-order valence-corrected chi connectivity index (χ3v) is 4.50. The van der Waals surface area contributed by atoms with Gasteiger partial charge in [0, 0.05) is 37.1 Å². The van der Waals surface area contributed by atoms with Gasteiger partial charge in [0.2, 0.25) is 5.91 Å². The molecule has 0 saturated heterocycles. The third kappa shape index (κ3) is 3.24. The standard InChI is InChI=1S/C17H23ClN2O/c1-5-20(4)16(21)9-12(11(2)3)13-10-19-15-8-6-7-14(18)17(13)15/h6-8,10-12,19H,5,9H2,1-4H3. The van der Waals surface area contributed by atoms with Gasteiger partial charge in [-0.2, -0.15) is 0 Å². The summed E-state index contributed by atoms with van der Waals surface area (Å²) >= 11 is 6.36. The summed E-state index contributed by atoms with van der Waals surface area (Å²) in [6, 6.07) is 5.85. The number of carbonyl (C=O) groups excluding carboxylic acids is 1. The molecule has 21 heavy (non-hydrogen) atoms. The van der Waals surface area contributed by atoms with E-state index in [1.165, 1.54) is 0 Å². The summed E-state index contributed by atoms with van der Waals surface area (Å²) in [6.07, 6.45) is 2.51. The van der Waals surface area contributed by atoms with Crippen molar-refractivity contribution >= 4 is 28.4 Å². The monoisotopic (exact) mass is 306 g/mol. The van der Waals surface area contributed by atoms with Crippen LogP contribution in [0.4, 0.5) is 0 Å². The lowest BCUT2D eigenvalue weighted by Gasteiger charge is -2.23. The van der Waals surface area contributed by atoms with Crippen molar-refractivity contribution in [1.29, 1.82) is 0 Å². The van der Waals surface area contributed by atoms with Gasteiger partial charge in [-0.25, -0.2) is 0 Å². The van der Waals surface area contributed by atoms with Gasteiger partial charge in [-0.1, -0.05) is 31.5 Å². The highest BCUT2D eigenvalue weighted by atomic mass is 35.5. The van der Waals surface area contributed by atoms with Crippen LogP contribution in [0.3, 0.4) is 0 Å². The second kappa shape index (κ2) is 6.52. The minimum Gasteiger partial charge on any atom is -0.361 e. The van der Waals surface area contributed by atoms with Gasteiger partial charge in [0.25, 0.3) is 0 Å². The van der Waals surface area contributed by atoms with Crippen LogP contribution in [0.1, 0.15) is 38.7 Å². The maximum absolute atomic E-state index is 12.3. The summed E-state index contributed by atoms with van der Waals surface area (Å²) in [5.41, 5.74) is 2.17. The van der Waals surface area contributed by atoms with Crippen molar-refractivity contribution in [3.05, 3.63) is 35.0 Å². The number of benzene rings is 1. The summed E-state index contributed by atoms with van der Waals surface area (Å²) in [5.74, 6) is 0.715. The first-order valence-corrected chi connectivity index (χ1v) is 7.83. The van der Waals surface area contributed by atoms with E-state index in [2.05, 4.69) is 18.8 Å². The Morgan fingerprint density at radius 1 is 1.38 bits per heavy atom. The van der Waals surface area contributed by atoms with Gasteiger partial charge in [0.15, 0.2) is 0 Å². The van der Waals surface area contributed by atoms with E-state index in [-0.39, 0.29) is 11.8 Å². The quantitative estimate of drug-likeness (QED) is 0.871. The molecule has 1 unspecified atom stereocenters. The molecule has 0 fully saturated rings. The Morgan fingerprint density at radius 2 is 2.10 bits per heavy atom. The first-order valence-electron chi connectivity index (χ1n) is 7.45. The first-order chi connectivity index (χ1) is 9.95. The van der Waals surface area contributed by atoms with Crippen LogP contribution in [0.2, 0.25) is 5.02 Å². The number of rotatable bonds is 5. The van der Waals surface area contributed by atoms with E-state index < -0.39 is 0 Å². The highest BCUT2D eigenvalue weighted by molar-refractivity contribution is 6.35. The molecular weight excluding hydrogens is 284 g/mol. The molecule has 0 saturated carbocycles. The van der Waals surface area contributed by atoms with Gasteiger partial charge >= 0.3 is 0 Å². The number of aromatic nitrogens is 1. The SMILES string of the molecule is CCN(C)C(=O)CC(c1c[nH]c2cccc(Cl)c12)C(C)C. The molecular formula is C17H23ClN2O. The third-order valence-electron chi connectivity index (χ3n) is 4.18. The normalized spacial score (nSPS) is 12.9. The van der Waals surface area contributed by atoms with Crippen molar-refractivity contribution < 1.29 is 4.79 Å². The van der Waals surface area contributed by atoms with E-state index in [0.29, 0.717) is 12.3 Å². The highest BCUT2D eigenvalue weighted by Gasteiger charge is 2.24. The van der Waals surface area contributed by atoms with Crippen LogP contribution in [-0.2, 0) is 4.79 Å². The number of nitrogens with zero attached hydrogens (tertiary/aromatic N) is 1. The number of H-pyrrole nitrogens is 1. The number of carbonyl (C=O) groups is 1. The van der Waals surface area contributed by atoms with Gasteiger partial charge in [-0.05, 0) is 36.5 Å². The molecule has 0 bridgehead atoms. The van der Waals surface area contributed by atoms with Crippen molar-refractivity contribution in [3.63, 3.8) is 0 Å². The van der Waals surface area contributed by atoms with Crippen LogP contribution >= 0.6 is 11.6 Å². The van der Waals surface area contributed by atoms with Crippen LogP contribution in [0.25, 0.3) is 10.9 Å². The molecule has 0 spiro atoms. The molecule has 3 nitrogen and oxygen atoms in total. The lowest BCUT2D eigenvalue weighted by molar-refractivity contribution is -0.130.